The van der Waals surface area contributed by atoms with Crippen LogP contribution < -0.4 is 5.32 Å². The van der Waals surface area contributed by atoms with Crippen molar-refractivity contribution in [1.82, 2.24) is 0 Å². The maximum atomic E-state index is 15.3. The van der Waals surface area contributed by atoms with Gasteiger partial charge in [0.25, 0.3) is 5.91 Å². The van der Waals surface area contributed by atoms with Gasteiger partial charge >= 0.3 is 0 Å². The van der Waals surface area contributed by atoms with Gasteiger partial charge in [0.2, 0.25) is 0 Å². The van der Waals surface area contributed by atoms with Crippen LogP contribution in [0.25, 0.3) is 44.2 Å². The Balaban J connectivity index is 0.940. The number of phenolic OH excluding ortho intramolecular Hbond substituents is 1. The molecule has 0 radical (unpaired) electrons. The van der Waals surface area contributed by atoms with Crippen LogP contribution in [0.15, 0.2) is 109 Å². The molecule has 6 aromatic carbocycles. The summed E-state index contributed by atoms with van der Waals surface area (Å²) >= 11 is 0. The maximum Gasteiger partial charge on any atom is 0.255 e. The first-order valence-corrected chi connectivity index (χ1v) is 19.5. The van der Waals surface area contributed by atoms with Crippen LogP contribution >= 0.6 is 0 Å². The lowest BCUT2D eigenvalue weighted by Gasteiger charge is -2.29. The van der Waals surface area contributed by atoms with Crippen LogP contribution in [0, 0.1) is 17.6 Å². The number of halogens is 2. The van der Waals surface area contributed by atoms with Crippen molar-refractivity contribution in [3.63, 3.8) is 0 Å². The van der Waals surface area contributed by atoms with E-state index in [0.717, 1.165) is 57.0 Å². The number of hydrogen-bond acceptors (Lipinski definition) is 2. The molecule has 2 aliphatic rings. The van der Waals surface area contributed by atoms with Gasteiger partial charge in [-0.05, 0) is 136 Å². The fourth-order valence-electron chi connectivity index (χ4n) is 9.03. The number of unbranched alkanes of at least 4 members (excludes halogenated alkanes) is 2. The minimum atomic E-state index is -0.659. The number of rotatable bonds is 9. The van der Waals surface area contributed by atoms with Gasteiger partial charge in [0.05, 0.1) is 5.39 Å². The summed E-state index contributed by atoms with van der Waals surface area (Å²) in [6.07, 6.45) is 10.7. The standard InChI is InChI=1S/C49H47F2NO2/c1-4-5-6-7-30-8-10-31(11-9-30)32-12-14-33(15-13-32)34-16-18-36(19-17-34)48(54)52-38-23-20-35(21-24-38)37-22-25-40-39(28-37)45-41(49(40,2)3)29-44(53)46-42(50)26-27-43(51)47(45)46/h12-31,53H,4-11H2,1-3H3,(H,52,54)/t30-,31-. The molecule has 3 nitrogen and oxygen atoms in total. The first kappa shape index (κ1) is 35.7. The molecule has 0 saturated heterocycles. The molecule has 2 N–H and O–H groups in total. The number of carbonyl (C=O) groups is 1. The molecule has 0 atom stereocenters. The molecule has 2 aliphatic carbocycles. The van der Waals surface area contributed by atoms with Crippen molar-refractivity contribution in [2.75, 3.05) is 5.32 Å². The topological polar surface area (TPSA) is 49.3 Å². The highest BCUT2D eigenvalue weighted by atomic mass is 19.1. The van der Waals surface area contributed by atoms with Crippen molar-refractivity contribution in [2.24, 2.45) is 5.92 Å². The van der Waals surface area contributed by atoms with E-state index in [1.165, 1.54) is 56.9 Å². The van der Waals surface area contributed by atoms with Gasteiger partial charge in [-0.2, -0.15) is 0 Å². The molecule has 0 aliphatic heterocycles. The smallest absolute Gasteiger partial charge is 0.255 e. The third-order valence-corrected chi connectivity index (χ3v) is 12.2. The van der Waals surface area contributed by atoms with E-state index >= 15 is 4.39 Å². The highest BCUT2D eigenvalue weighted by Gasteiger charge is 2.38. The molecule has 0 bridgehead atoms. The Labute approximate surface area is 317 Å². The van der Waals surface area contributed by atoms with Crippen molar-refractivity contribution in [3.8, 4) is 39.1 Å². The molecular weight excluding hydrogens is 673 g/mol. The average Bonchev–Trinajstić information content (AvgIpc) is 3.41. The number of aromatic hydroxyl groups is 1. The van der Waals surface area contributed by atoms with E-state index in [9.17, 15) is 14.3 Å². The van der Waals surface area contributed by atoms with Crippen LogP contribution in [0.5, 0.6) is 5.75 Å². The zero-order valence-electron chi connectivity index (χ0n) is 31.3. The molecule has 0 unspecified atom stereocenters. The third-order valence-electron chi connectivity index (χ3n) is 12.2. The van der Waals surface area contributed by atoms with E-state index in [1.54, 1.807) is 6.07 Å². The second-order valence-corrected chi connectivity index (χ2v) is 15.9. The number of anilines is 1. The van der Waals surface area contributed by atoms with E-state index in [-0.39, 0.29) is 22.4 Å². The monoisotopic (exact) mass is 719 g/mol. The zero-order valence-corrected chi connectivity index (χ0v) is 31.3. The molecule has 6 aromatic rings. The summed E-state index contributed by atoms with van der Waals surface area (Å²) in [5.41, 5.74) is 9.40. The lowest BCUT2D eigenvalue weighted by atomic mass is 9.77. The van der Waals surface area contributed by atoms with Gasteiger partial charge in [0, 0.05) is 22.1 Å². The van der Waals surface area contributed by atoms with Crippen LogP contribution in [0.2, 0.25) is 0 Å². The van der Waals surface area contributed by atoms with Crippen LogP contribution in [-0.2, 0) is 5.41 Å². The molecule has 1 saturated carbocycles. The third kappa shape index (κ3) is 6.59. The van der Waals surface area contributed by atoms with Crippen LogP contribution in [0.3, 0.4) is 0 Å². The minimum absolute atomic E-state index is 0.0960. The fourth-order valence-corrected chi connectivity index (χ4v) is 9.03. The van der Waals surface area contributed by atoms with Gasteiger partial charge in [-0.15, -0.1) is 0 Å². The van der Waals surface area contributed by atoms with Crippen LogP contribution in [0.1, 0.15) is 105 Å². The lowest BCUT2D eigenvalue weighted by Crippen LogP contribution is -2.15. The van der Waals surface area contributed by atoms with Crippen molar-refractivity contribution in [3.05, 3.63) is 143 Å². The van der Waals surface area contributed by atoms with E-state index in [4.69, 9.17) is 0 Å². The maximum absolute atomic E-state index is 15.3. The summed E-state index contributed by atoms with van der Waals surface area (Å²) in [5.74, 6) is -0.107. The van der Waals surface area contributed by atoms with Gasteiger partial charge in [0.15, 0.2) is 0 Å². The summed E-state index contributed by atoms with van der Waals surface area (Å²) in [5, 5.41) is 13.8. The lowest BCUT2D eigenvalue weighted by molar-refractivity contribution is 0.102. The summed E-state index contributed by atoms with van der Waals surface area (Å²) in [7, 11) is 0. The highest BCUT2D eigenvalue weighted by molar-refractivity contribution is 6.06. The van der Waals surface area contributed by atoms with Crippen molar-refractivity contribution < 1.29 is 18.7 Å². The molecule has 8 rings (SSSR count). The van der Waals surface area contributed by atoms with E-state index in [2.05, 4.69) is 36.5 Å². The summed E-state index contributed by atoms with van der Waals surface area (Å²) in [4.78, 5) is 13.2. The number of carbonyl (C=O) groups excluding carboxylic acids is 1. The van der Waals surface area contributed by atoms with Crippen molar-refractivity contribution in [2.45, 2.75) is 83.5 Å². The number of amides is 1. The molecule has 0 heterocycles. The molecule has 0 aromatic heterocycles. The second kappa shape index (κ2) is 14.5. The van der Waals surface area contributed by atoms with Crippen molar-refractivity contribution in [1.29, 1.82) is 0 Å². The van der Waals surface area contributed by atoms with Gasteiger partial charge < -0.3 is 10.4 Å². The predicted molar refractivity (Wildman–Crippen MR) is 217 cm³/mol. The number of fused-ring (bicyclic) bond motifs is 5. The number of phenols is 1. The van der Waals surface area contributed by atoms with E-state index < -0.39 is 17.0 Å². The first-order chi connectivity index (χ1) is 26.1. The second-order valence-electron chi connectivity index (χ2n) is 15.9. The quantitative estimate of drug-likeness (QED) is 0.146. The fraction of sp³-hybridized carbons (Fsp3) is 0.286. The first-order valence-electron chi connectivity index (χ1n) is 19.5. The molecular formula is C49H47F2NO2. The minimum Gasteiger partial charge on any atom is -0.507 e. The molecule has 1 amide bonds. The zero-order chi connectivity index (χ0) is 37.6. The van der Waals surface area contributed by atoms with Crippen LogP contribution in [-0.4, -0.2) is 11.0 Å². The molecule has 0 spiro atoms. The summed E-state index contributed by atoms with van der Waals surface area (Å²) in [6.45, 7) is 6.34. The van der Waals surface area contributed by atoms with Gasteiger partial charge in [0.1, 0.15) is 17.4 Å². The van der Waals surface area contributed by atoms with Crippen LogP contribution in [0.4, 0.5) is 14.5 Å². The normalized spacial score (nSPS) is 17.3. The van der Waals surface area contributed by atoms with Gasteiger partial charge in [-0.25, -0.2) is 8.78 Å². The van der Waals surface area contributed by atoms with E-state index in [1.807, 2.05) is 80.6 Å². The summed E-state index contributed by atoms with van der Waals surface area (Å²) < 4.78 is 30.2. The van der Waals surface area contributed by atoms with E-state index in [0.29, 0.717) is 22.7 Å². The molecule has 54 heavy (non-hydrogen) atoms. The van der Waals surface area contributed by atoms with Gasteiger partial charge in [-0.1, -0.05) is 107 Å². The number of benzene rings is 6. The Bertz CT molecular complexity index is 2340. The molecule has 274 valence electrons. The molecule has 5 heteroatoms. The Kier molecular flexibility index (Phi) is 9.60. The number of hydrogen-bond donors (Lipinski definition) is 2. The van der Waals surface area contributed by atoms with Crippen molar-refractivity contribution >= 4 is 22.4 Å². The summed E-state index contributed by atoms with van der Waals surface area (Å²) in [6, 6.07) is 34.2. The SMILES string of the molecule is CCCCC[C@H]1CC[C@H](c2ccc(-c3ccc(C(=O)Nc4ccc(-c5ccc6c(c5)-c5c(cc(O)c7c(F)ccc(F)c57)C6(C)C)cc4)cc3)cc2)CC1. The predicted octanol–water partition coefficient (Wildman–Crippen LogP) is 13.6. The average molecular weight is 720 g/mol. The Morgan fingerprint density at radius 2 is 1.30 bits per heavy atom. The van der Waals surface area contributed by atoms with Gasteiger partial charge in [-0.3, -0.25) is 4.79 Å². The Morgan fingerprint density at radius 1 is 0.704 bits per heavy atom. The largest absolute Gasteiger partial charge is 0.507 e. The molecule has 1 fully saturated rings. The highest BCUT2D eigenvalue weighted by Crippen LogP contribution is 2.54. The Hall–Kier alpha value is -5.29. The number of nitrogens with one attached hydrogen (secondary N) is 1. The Morgan fingerprint density at radius 3 is 1.96 bits per heavy atom.